The number of nitrogens with one attached hydrogen (secondary N) is 1. The number of nitrogens with zero attached hydrogens (tertiary/aromatic N) is 1. The van der Waals surface area contributed by atoms with Gasteiger partial charge in [0.1, 0.15) is 18.1 Å². The van der Waals surface area contributed by atoms with Crippen LogP contribution in [0, 0.1) is 0 Å². The minimum atomic E-state index is 0.577. The number of hydrazone groups is 1. The summed E-state index contributed by atoms with van der Waals surface area (Å²) in [6, 6.07) is 16.2. The molecule has 0 fully saturated rings. The molecule has 1 N–H and O–H groups in total. The van der Waals surface area contributed by atoms with E-state index >= 15 is 0 Å². The molecule has 90 valence electrons. The number of fused-ring (bicyclic) bond motifs is 2. The fourth-order valence-electron chi connectivity index (χ4n) is 2.13. The summed E-state index contributed by atoms with van der Waals surface area (Å²) < 4.78 is 8.69. The maximum atomic E-state index is 5.84. The van der Waals surface area contributed by atoms with Crippen molar-refractivity contribution in [3.63, 3.8) is 0 Å². The van der Waals surface area contributed by atoms with Gasteiger partial charge in [0, 0.05) is 11.1 Å². The summed E-state index contributed by atoms with van der Waals surface area (Å²) in [5, 5.41) is 4.40. The lowest BCUT2D eigenvalue weighted by Gasteiger charge is -2.07. The van der Waals surface area contributed by atoms with Gasteiger partial charge in [-0.3, -0.25) is 0 Å². The highest BCUT2D eigenvalue weighted by Crippen LogP contribution is 2.28. The number of benzene rings is 2. The van der Waals surface area contributed by atoms with Gasteiger partial charge in [-0.1, -0.05) is 36.4 Å². The first-order valence-electron chi connectivity index (χ1n) is 5.64. The Morgan fingerprint density at radius 3 is 2.56 bits per heavy atom. The molecule has 3 rings (SSSR count). The zero-order valence-corrected chi connectivity index (χ0v) is 11.7. The second-order valence-electron chi connectivity index (χ2n) is 3.99. The predicted molar refractivity (Wildman–Crippen MR) is 80.0 cm³/mol. The van der Waals surface area contributed by atoms with E-state index < -0.39 is 0 Å². The maximum Gasteiger partial charge on any atom is 0.129 e. The van der Waals surface area contributed by atoms with Gasteiger partial charge in [-0.05, 0) is 17.7 Å². The molecule has 0 unspecified atom stereocenters. The van der Waals surface area contributed by atoms with Crippen molar-refractivity contribution in [3.8, 4) is 5.75 Å². The summed E-state index contributed by atoms with van der Waals surface area (Å²) in [5.74, 6) is 0.874. The second-order valence-corrected chi connectivity index (χ2v) is 4.47. The lowest BCUT2D eigenvalue weighted by Crippen LogP contribution is -2.07. The summed E-state index contributed by atoms with van der Waals surface area (Å²) in [4.78, 5) is 0. The molecule has 0 aliphatic carbocycles. The van der Waals surface area contributed by atoms with Crippen LogP contribution in [0.25, 0.3) is 0 Å². The zero-order chi connectivity index (χ0) is 12.4. The van der Waals surface area contributed by atoms with E-state index in [1.807, 2.05) is 59.3 Å². The molecule has 0 saturated carbocycles. The number of rotatable bonds is 1. The van der Waals surface area contributed by atoms with Crippen molar-refractivity contribution in [2.45, 2.75) is 6.61 Å². The first kappa shape index (κ1) is 11.5. The normalized spacial score (nSPS) is 15.3. The van der Waals surface area contributed by atoms with Crippen LogP contribution in [-0.2, 0) is 6.61 Å². The molecule has 2 aromatic rings. The minimum absolute atomic E-state index is 0.577. The van der Waals surface area contributed by atoms with E-state index in [-0.39, 0.29) is 0 Å². The molecular weight excluding hydrogens is 339 g/mol. The number of hydrogen-bond donors (Lipinski definition) is 1. The Balaban J connectivity index is 2.25. The van der Waals surface area contributed by atoms with E-state index in [0.717, 1.165) is 28.2 Å². The maximum absolute atomic E-state index is 5.84. The van der Waals surface area contributed by atoms with Crippen LogP contribution in [0.4, 0.5) is 0 Å². The van der Waals surface area contributed by atoms with Gasteiger partial charge < -0.3 is 4.74 Å². The highest BCUT2D eigenvalue weighted by atomic mass is 127. The number of para-hydroxylation sites is 1. The largest absolute Gasteiger partial charge is 0.488 e. The van der Waals surface area contributed by atoms with Crippen molar-refractivity contribution in [2.75, 3.05) is 0 Å². The summed E-state index contributed by atoms with van der Waals surface area (Å²) >= 11 is 2.02. The third-order valence-electron chi connectivity index (χ3n) is 2.95. The van der Waals surface area contributed by atoms with Crippen LogP contribution in [0.15, 0.2) is 53.6 Å². The zero-order valence-electron chi connectivity index (χ0n) is 9.56. The summed E-state index contributed by atoms with van der Waals surface area (Å²) in [6.45, 7) is 0.577. The fraction of sp³-hybridized carbons (Fsp3) is 0.0714. The van der Waals surface area contributed by atoms with Crippen LogP contribution < -0.4 is 8.38 Å². The molecule has 0 aromatic heterocycles. The molecule has 0 saturated heterocycles. The van der Waals surface area contributed by atoms with Gasteiger partial charge in [-0.25, -0.2) is 3.64 Å². The Labute approximate surface area is 119 Å². The molecule has 3 nitrogen and oxygen atoms in total. The molecule has 1 aliphatic rings. The third-order valence-corrected chi connectivity index (χ3v) is 3.19. The molecule has 0 spiro atoms. The number of halogens is 1. The van der Waals surface area contributed by atoms with Crippen LogP contribution >= 0.6 is 22.9 Å². The smallest absolute Gasteiger partial charge is 0.129 e. The predicted octanol–water partition coefficient (Wildman–Crippen LogP) is 3.27. The third kappa shape index (κ3) is 1.96. The molecular formula is C14H11IN2O. The number of ether oxygens (including phenoxy) is 1. The van der Waals surface area contributed by atoms with Crippen molar-refractivity contribution >= 4 is 28.6 Å². The molecule has 1 aliphatic heterocycles. The molecule has 0 radical (unpaired) electrons. The van der Waals surface area contributed by atoms with Crippen LogP contribution in [0.1, 0.15) is 16.7 Å². The number of hydrogen-bond acceptors (Lipinski definition) is 3. The monoisotopic (exact) mass is 350 g/mol. The van der Waals surface area contributed by atoms with Gasteiger partial charge in [0.2, 0.25) is 0 Å². The van der Waals surface area contributed by atoms with Crippen molar-refractivity contribution in [3.05, 3.63) is 65.2 Å². The Morgan fingerprint density at radius 1 is 1.00 bits per heavy atom. The van der Waals surface area contributed by atoms with Crippen molar-refractivity contribution in [1.82, 2.24) is 3.64 Å². The Bertz CT molecular complexity index is 561. The van der Waals surface area contributed by atoms with E-state index in [9.17, 15) is 0 Å². The average molecular weight is 350 g/mol. The van der Waals surface area contributed by atoms with E-state index in [4.69, 9.17) is 4.74 Å². The molecule has 0 atom stereocenters. The lowest BCUT2D eigenvalue weighted by molar-refractivity contribution is 0.307. The molecule has 0 amide bonds. The average Bonchev–Trinajstić information content (AvgIpc) is 2.58. The fourth-order valence-corrected chi connectivity index (χ4v) is 2.37. The topological polar surface area (TPSA) is 33.6 Å². The Hall–Kier alpha value is -1.56. The van der Waals surface area contributed by atoms with E-state index in [0.29, 0.717) is 6.61 Å². The molecule has 2 aromatic carbocycles. The SMILES string of the molecule is IN/N=C1/c2ccccc2COc2ccccc21. The lowest BCUT2D eigenvalue weighted by atomic mass is 9.98. The first-order valence-corrected chi connectivity index (χ1v) is 6.72. The van der Waals surface area contributed by atoms with Gasteiger partial charge in [-0.2, -0.15) is 5.10 Å². The van der Waals surface area contributed by atoms with Gasteiger partial charge in [-0.15, -0.1) is 0 Å². The van der Waals surface area contributed by atoms with Crippen molar-refractivity contribution in [2.24, 2.45) is 5.10 Å². The van der Waals surface area contributed by atoms with Crippen LogP contribution in [0.5, 0.6) is 5.75 Å². The van der Waals surface area contributed by atoms with Crippen LogP contribution in [0.3, 0.4) is 0 Å². The summed E-state index contributed by atoms with van der Waals surface area (Å²) in [6.07, 6.45) is 0. The van der Waals surface area contributed by atoms with E-state index in [1.165, 1.54) is 0 Å². The van der Waals surface area contributed by atoms with Gasteiger partial charge in [0.15, 0.2) is 0 Å². The first-order chi connectivity index (χ1) is 8.90. The highest BCUT2D eigenvalue weighted by Gasteiger charge is 2.19. The standard InChI is InChI=1S/C14H11IN2O/c15-17-16-14-11-6-2-1-5-10(11)9-18-13-8-4-3-7-12(13)14/h1-8,17H,9H2/b16-14-. The van der Waals surface area contributed by atoms with Crippen molar-refractivity contribution < 1.29 is 4.74 Å². The van der Waals surface area contributed by atoms with Gasteiger partial charge in [0.05, 0.1) is 22.9 Å². The summed E-state index contributed by atoms with van der Waals surface area (Å²) in [5.41, 5.74) is 4.21. The van der Waals surface area contributed by atoms with Crippen LogP contribution in [0.2, 0.25) is 0 Å². The quantitative estimate of drug-likeness (QED) is 0.487. The van der Waals surface area contributed by atoms with Gasteiger partial charge >= 0.3 is 0 Å². The molecule has 0 bridgehead atoms. The second kappa shape index (κ2) is 4.97. The Kier molecular flexibility index (Phi) is 3.19. The highest BCUT2D eigenvalue weighted by molar-refractivity contribution is 14.1. The van der Waals surface area contributed by atoms with Crippen LogP contribution in [-0.4, -0.2) is 5.71 Å². The van der Waals surface area contributed by atoms with E-state index in [1.54, 1.807) is 0 Å². The molecule has 4 heteroatoms. The molecule has 18 heavy (non-hydrogen) atoms. The minimum Gasteiger partial charge on any atom is -0.488 e. The van der Waals surface area contributed by atoms with Crippen molar-refractivity contribution in [1.29, 1.82) is 0 Å². The summed E-state index contributed by atoms with van der Waals surface area (Å²) in [7, 11) is 0. The Morgan fingerprint density at radius 2 is 1.72 bits per heavy atom. The van der Waals surface area contributed by atoms with E-state index in [2.05, 4.69) is 20.9 Å². The molecule has 1 heterocycles. The van der Waals surface area contributed by atoms with Gasteiger partial charge in [0.25, 0.3) is 0 Å².